The summed E-state index contributed by atoms with van der Waals surface area (Å²) in [6.07, 6.45) is 0. The number of fused-ring (bicyclic) bond motifs is 1. The van der Waals surface area contributed by atoms with Gasteiger partial charge in [-0.2, -0.15) is 0 Å². The molecule has 1 aromatic carbocycles. The SMILES string of the molecule is Cc1cc2c(cc1F)NC(=O)C(C)(C)S2. The molecule has 15 heavy (non-hydrogen) atoms. The third-order valence-corrected chi connectivity index (χ3v) is 3.67. The Morgan fingerprint density at radius 1 is 1.40 bits per heavy atom. The fraction of sp³-hybridized carbons (Fsp3) is 0.364. The maximum atomic E-state index is 13.3. The third kappa shape index (κ3) is 1.74. The number of anilines is 1. The van der Waals surface area contributed by atoms with Crippen LogP contribution >= 0.6 is 11.8 Å². The fourth-order valence-electron chi connectivity index (χ4n) is 1.43. The summed E-state index contributed by atoms with van der Waals surface area (Å²) in [7, 11) is 0. The molecular weight excluding hydrogens is 213 g/mol. The Kier molecular flexibility index (Phi) is 2.26. The Balaban J connectivity index is 2.51. The molecule has 0 unspecified atom stereocenters. The first-order chi connectivity index (χ1) is 6.90. The van der Waals surface area contributed by atoms with E-state index in [9.17, 15) is 9.18 Å². The van der Waals surface area contributed by atoms with Crippen molar-refractivity contribution >= 4 is 23.4 Å². The zero-order chi connectivity index (χ0) is 11.2. The summed E-state index contributed by atoms with van der Waals surface area (Å²) < 4.78 is 12.8. The van der Waals surface area contributed by atoms with Crippen molar-refractivity contribution in [2.45, 2.75) is 30.4 Å². The summed E-state index contributed by atoms with van der Waals surface area (Å²) >= 11 is 1.47. The summed E-state index contributed by atoms with van der Waals surface area (Å²) in [6, 6.07) is 3.15. The van der Waals surface area contributed by atoms with Gasteiger partial charge >= 0.3 is 0 Å². The van der Waals surface area contributed by atoms with Crippen LogP contribution in [0, 0.1) is 12.7 Å². The molecule has 0 atom stereocenters. The van der Waals surface area contributed by atoms with Crippen LogP contribution < -0.4 is 5.32 Å². The van der Waals surface area contributed by atoms with E-state index in [1.807, 2.05) is 13.8 Å². The second kappa shape index (κ2) is 3.23. The van der Waals surface area contributed by atoms with Crippen LogP contribution in [0.4, 0.5) is 10.1 Å². The van der Waals surface area contributed by atoms with E-state index in [4.69, 9.17) is 0 Å². The monoisotopic (exact) mass is 225 g/mol. The van der Waals surface area contributed by atoms with Gasteiger partial charge in [-0.25, -0.2) is 4.39 Å². The van der Waals surface area contributed by atoms with Crippen molar-refractivity contribution in [3.63, 3.8) is 0 Å². The Bertz CT molecular complexity index is 442. The van der Waals surface area contributed by atoms with Crippen LogP contribution in [0.5, 0.6) is 0 Å². The molecule has 0 radical (unpaired) electrons. The average molecular weight is 225 g/mol. The second-order valence-electron chi connectivity index (χ2n) is 4.16. The number of carbonyl (C=O) groups excluding carboxylic acids is 1. The molecule has 0 spiro atoms. The van der Waals surface area contributed by atoms with Crippen LogP contribution in [-0.4, -0.2) is 10.7 Å². The zero-order valence-corrected chi connectivity index (χ0v) is 9.67. The fourth-order valence-corrected chi connectivity index (χ4v) is 2.58. The molecule has 1 aromatic rings. The molecule has 1 amide bonds. The predicted molar refractivity (Wildman–Crippen MR) is 59.7 cm³/mol. The van der Waals surface area contributed by atoms with Gasteiger partial charge in [-0.1, -0.05) is 0 Å². The third-order valence-electron chi connectivity index (χ3n) is 2.42. The van der Waals surface area contributed by atoms with Crippen LogP contribution in [0.2, 0.25) is 0 Å². The van der Waals surface area contributed by atoms with Gasteiger partial charge in [0, 0.05) is 4.90 Å². The first-order valence-corrected chi connectivity index (χ1v) is 5.52. The number of nitrogens with one attached hydrogen (secondary N) is 1. The number of aryl methyl sites for hydroxylation is 1. The standard InChI is InChI=1S/C11H12FNOS/c1-6-4-9-8(5-7(6)12)13-10(14)11(2,3)15-9/h4-5H,1-3H3,(H,13,14). The molecule has 0 saturated carbocycles. The number of rotatable bonds is 0. The molecular formula is C11H12FNOS. The molecule has 80 valence electrons. The van der Waals surface area contributed by atoms with Crippen molar-refractivity contribution in [1.82, 2.24) is 0 Å². The number of hydrogen-bond donors (Lipinski definition) is 1. The molecule has 0 bridgehead atoms. The van der Waals surface area contributed by atoms with Crippen molar-refractivity contribution in [2.24, 2.45) is 0 Å². The first-order valence-electron chi connectivity index (χ1n) is 4.71. The van der Waals surface area contributed by atoms with Crippen molar-refractivity contribution in [3.05, 3.63) is 23.5 Å². The molecule has 0 aromatic heterocycles. The summed E-state index contributed by atoms with van der Waals surface area (Å²) in [4.78, 5) is 12.5. The lowest BCUT2D eigenvalue weighted by molar-refractivity contribution is -0.117. The number of benzene rings is 1. The lowest BCUT2D eigenvalue weighted by Crippen LogP contribution is -2.37. The number of carbonyl (C=O) groups is 1. The minimum absolute atomic E-state index is 0.0803. The molecule has 1 N–H and O–H groups in total. The Morgan fingerprint density at radius 2 is 2.07 bits per heavy atom. The van der Waals surface area contributed by atoms with Crippen molar-refractivity contribution in [3.8, 4) is 0 Å². The largest absolute Gasteiger partial charge is 0.324 e. The normalized spacial score (nSPS) is 18.3. The zero-order valence-electron chi connectivity index (χ0n) is 8.85. The smallest absolute Gasteiger partial charge is 0.240 e. The van der Waals surface area contributed by atoms with E-state index < -0.39 is 4.75 Å². The minimum Gasteiger partial charge on any atom is -0.324 e. The predicted octanol–water partition coefficient (Wildman–Crippen LogP) is 2.96. The van der Waals surface area contributed by atoms with Gasteiger partial charge in [-0.05, 0) is 38.5 Å². The molecule has 2 nitrogen and oxygen atoms in total. The number of thioether (sulfide) groups is 1. The lowest BCUT2D eigenvalue weighted by Gasteiger charge is -2.29. The Labute approximate surface area is 92.3 Å². The average Bonchev–Trinajstić information content (AvgIpc) is 2.11. The molecule has 1 aliphatic rings. The Hall–Kier alpha value is -1.03. The number of hydrogen-bond acceptors (Lipinski definition) is 2. The van der Waals surface area contributed by atoms with Gasteiger partial charge in [0.1, 0.15) is 5.82 Å². The van der Waals surface area contributed by atoms with E-state index >= 15 is 0 Å². The first kappa shape index (κ1) is 10.5. The summed E-state index contributed by atoms with van der Waals surface area (Å²) in [5, 5.41) is 2.72. The molecule has 1 heterocycles. The van der Waals surface area contributed by atoms with E-state index in [0.717, 1.165) is 4.90 Å². The van der Waals surface area contributed by atoms with Crippen LogP contribution in [0.15, 0.2) is 17.0 Å². The molecule has 2 rings (SSSR count). The van der Waals surface area contributed by atoms with E-state index in [1.165, 1.54) is 17.8 Å². The maximum Gasteiger partial charge on any atom is 0.240 e. The molecule has 4 heteroatoms. The quantitative estimate of drug-likeness (QED) is 0.735. The van der Waals surface area contributed by atoms with E-state index in [2.05, 4.69) is 5.32 Å². The summed E-state index contributed by atoms with van der Waals surface area (Å²) in [5.74, 6) is -0.363. The summed E-state index contributed by atoms with van der Waals surface area (Å²) in [6.45, 7) is 5.43. The van der Waals surface area contributed by atoms with Crippen LogP contribution in [0.25, 0.3) is 0 Å². The van der Waals surface area contributed by atoms with Gasteiger partial charge in [0.2, 0.25) is 5.91 Å². The molecule has 0 aliphatic carbocycles. The maximum absolute atomic E-state index is 13.3. The molecule has 1 aliphatic heterocycles. The highest BCUT2D eigenvalue weighted by Gasteiger charge is 2.34. The van der Waals surface area contributed by atoms with Crippen molar-refractivity contribution in [2.75, 3.05) is 5.32 Å². The minimum atomic E-state index is -0.489. The molecule has 0 saturated heterocycles. The van der Waals surface area contributed by atoms with Crippen LogP contribution in [-0.2, 0) is 4.79 Å². The van der Waals surface area contributed by atoms with E-state index in [-0.39, 0.29) is 11.7 Å². The second-order valence-corrected chi connectivity index (χ2v) is 5.83. The highest BCUT2D eigenvalue weighted by Crippen LogP contribution is 2.42. The van der Waals surface area contributed by atoms with Crippen molar-refractivity contribution < 1.29 is 9.18 Å². The van der Waals surface area contributed by atoms with Gasteiger partial charge in [0.15, 0.2) is 0 Å². The van der Waals surface area contributed by atoms with Gasteiger partial charge in [0.25, 0.3) is 0 Å². The van der Waals surface area contributed by atoms with Crippen LogP contribution in [0.3, 0.4) is 0 Å². The van der Waals surface area contributed by atoms with Gasteiger partial charge in [-0.3, -0.25) is 4.79 Å². The highest BCUT2D eigenvalue weighted by molar-refractivity contribution is 8.01. The lowest BCUT2D eigenvalue weighted by atomic mass is 10.1. The number of halogens is 1. The van der Waals surface area contributed by atoms with Gasteiger partial charge in [-0.15, -0.1) is 11.8 Å². The highest BCUT2D eigenvalue weighted by atomic mass is 32.2. The van der Waals surface area contributed by atoms with Gasteiger partial charge in [0.05, 0.1) is 10.4 Å². The van der Waals surface area contributed by atoms with E-state index in [0.29, 0.717) is 11.3 Å². The number of amides is 1. The van der Waals surface area contributed by atoms with Gasteiger partial charge < -0.3 is 5.32 Å². The Morgan fingerprint density at radius 3 is 2.73 bits per heavy atom. The van der Waals surface area contributed by atoms with Crippen LogP contribution in [0.1, 0.15) is 19.4 Å². The topological polar surface area (TPSA) is 29.1 Å². The summed E-state index contributed by atoms with van der Waals surface area (Å²) in [5.41, 5.74) is 1.18. The molecule has 0 fully saturated rings. The van der Waals surface area contributed by atoms with Crippen molar-refractivity contribution in [1.29, 1.82) is 0 Å². The van der Waals surface area contributed by atoms with E-state index in [1.54, 1.807) is 13.0 Å².